The van der Waals surface area contributed by atoms with Gasteiger partial charge in [-0.05, 0) is 6.42 Å². The number of nitrogens with zero attached hydrogens (tertiary/aromatic N) is 1. The van der Waals surface area contributed by atoms with E-state index >= 15 is 0 Å². The Morgan fingerprint density at radius 2 is 1.75 bits per heavy atom. The molecule has 0 aliphatic heterocycles. The summed E-state index contributed by atoms with van der Waals surface area (Å²) in [6.07, 6.45) is -0.235. The standard InChI is InChI=1S/C10H17N3O6S.HNO2.Na/c11-5(10(18)19)1-2-7(14)13-6(4-20)9(17)12-3-8(15)16;2-1-3;/h5-6,20H,1-4,11H2,(H,12,17)(H,13,14)(H,15,16)(H,18,19);(H,2,3);/q;;+1/p-1/t5-,6-;;/m0../s1. The predicted molar refractivity (Wildman–Crippen MR) is 80.4 cm³/mol. The molecule has 0 bridgehead atoms. The van der Waals surface area contributed by atoms with Gasteiger partial charge in [-0.3, -0.25) is 19.2 Å². The third-order valence-electron chi connectivity index (χ3n) is 2.25. The zero-order valence-electron chi connectivity index (χ0n) is 12.8. The van der Waals surface area contributed by atoms with Gasteiger partial charge in [0.05, 0.1) is 0 Å². The number of hydrogen-bond donors (Lipinski definition) is 6. The van der Waals surface area contributed by atoms with E-state index in [1.165, 1.54) is 0 Å². The number of hydrogen-bond acceptors (Lipinski definition) is 9. The predicted octanol–water partition coefficient (Wildman–Crippen LogP) is -4.95. The third-order valence-corrected chi connectivity index (χ3v) is 2.61. The number of carboxylic acid groups (broad SMARTS) is 2. The van der Waals surface area contributed by atoms with Gasteiger partial charge in [-0.2, -0.15) is 12.6 Å². The largest absolute Gasteiger partial charge is 1.00 e. The topological polar surface area (TPSA) is 211 Å². The molecule has 0 saturated carbocycles. The Morgan fingerprint density at radius 3 is 2.12 bits per heavy atom. The molecule has 0 fully saturated rings. The number of nitrogens with two attached hydrogens (primary N) is 1. The summed E-state index contributed by atoms with van der Waals surface area (Å²) >= 11 is 3.87. The summed E-state index contributed by atoms with van der Waals surface area (Å²) < 4.78 is 0. The average molecular weight is 376 g/mol. The molecule has 0 heterocycles. The van der Waals surface area contributed by atoms with Crippen LogP contribution in [0, 0.1) is 10.1 Å². The number of thiol groups is 1. The van der Waals surface area contributed by atoms with Crippen LogP contribution in [0.15, 0.2) is 5.34 Å². The van der Waals surface area contributed by atoms with Crippen LogP contribution in [0.3, 0.4) is 0 Å². The molecule has 0 aromatic heterocycles. The van der Waals surface area contributed by atoms with Crippen LogP contribution in [0.1, 0.15) is 12.8 Å². The summed E-state index contributed by atoms with van der Waals surface area (Å²) in [5.74, 6) is -3.70. The van der Waals surface area contributed by atoms with Crippen molar-refractivity contribution in [2.75, 3.05) is 12.3 Å². The molecule has 14 heteroatoms. The molecule has 0 aliphatic carbocycles. The van der Waals surface area contributed by atoms with Crippen molar-refractivity contribution in [1.82, 2.24) is 10.6 Å². The first-order valence-electron chi connectivity index (χ1n) is 6.02. The monoisotopic (exact) mass is 376 g/mol. The van der Waals surface area contributed by atoms with Gasteiger partial charge in [-0.15, -0.1) is 5.34 Å². The van der Waals surface area contributed by atoms with E-state index in [2.05, 4.69) is 23.3 Å². The number of amides is 2. The van der Waals surface area contributed by atoms with Crippen LogP contribution in [0.5, 0.6) is 0 Å². The molecule has 2 amide bonds. The average Bonchev–Trinajstić information content (AvgIpc) is 2.48. The molecule has 0 rings (SSSR count). The molecule has 0 unspecified atom stereocenters. The van der Waals surface area contributed by atoms with Crippen molar-refractivity contribution in [3.8, 4) is 0 Å². The van der Waals surface area contributed by atoms with Crippen LogP contribution in [-0.2, 0) is 19.2 Å². The van der Waals surface area contributed by atoms with Crippen LogP contribution in [-0.4, -0.2) is 58.3 Å². The van der Waals surface area contributed by atoms with Gasteiger partial charge in [0.25, 0.3) is 0 Å². The second-order valence-electron chi connectivity index (χ2n) is 3.97. The maximum Gasteiger partial charge on any atom is 1.00 e. The van der Waals surface area contributed by atoms with Crippen LogP contribution < -0.4 is 45.9 Å². The quantitative estimate of drug-likeness (QED) is 0.0983. The normalized spacial score (nSPS) is 11.4. The van der Waals surface area contributed by atoms with Gasteiger partial charge in [-0.25, -0.2) is 0 Å². The summed E-state index contributed by atoms with van der Waals surface area (Å²) in [4.78, 5) is 51.7. The Kier molecular flexibility index (Phi) is 18.8. The molecule has 0 spiro atoms. The number of rotatable bonds is 9. The minimum absolute atomic E-state index is 0. The first-order chi connectivity index (χ1) is 10.7. The minimum Gasteiger partial charge on any atom is -0.480 e. The van der Waals surface area contributed by atoms with Gasteiger partial charge in [0.15, 0.2) is 0 Å². The first-order valence-corrected chi connectivity index (χ1v) is 6.65. The van der Waals surface area contributed by atoms with E-state index in [0.717, 1.165) is 5.34 Å². The van der Waals surface area contributed by atoms with Gasteiger partial charge in [0.2, 0.25) is 11.8 Å². The Morgan fingerprint density at radius 1 is 1.25 bits per heavy atom. The van der Waals surface area contributed by atoms with Crippen molar-refractivity contribution in [1.29, 1.82) is 0 Å². The van der Waals surface area contributed by atoms with Crippen molar-refractivity contribution < 1.29 is 58.9 Å². The molecular weight excluding hydrogens is 359 g/mol. The number of carbonyl (C=O) groups excluding carboxylic acids is 2. The molecular formula is C10H17N4NaO8S. The Hall–Kier alpha value is -1.41. The smallest absolute Gasteiger partial charge is 0.480 e. The second-order valence-corrected chi connectivity index (χ2v) is 4.34. The third kappa shape index (κ3) is 15.5. The van der Waals surface area contributed by atoms with Crippen LogP contribution in [0.2, 0.25) is 0 Å². The van der Waals surface area contributed by atoms with Gasteiger partial charge in [0.1, 0.15) is 18.6 Å². The molecule has 0 radical (unpaired) electrons. The summed E-state index contributed by atoms with van der Waals surface area (Å²) in [6, 6.07) is -2.15. The van der Waals surface area contributed by atoms with Gasteiger partial charge < -0.3 is 36.7 Å². The van der Waals surface area contributed by atoms with Gasteiger partial charge in [-0.1, -0.05) is 0 Å². The van der Waals surface area contributed by atoms with Crippen LogP contribution >= 0.6 is 12.6 Å². The fourth-order valence-corrected chi connectivity index (χ4v) is 1.41. The van der Waals surface area contributed by atoms with Crippen molar-refractivity contribution >= 4 is 36.4 Å². The molecule has 24 heavy (non-hydrogen) atoms. The number of carboxylic acids is 2. The summed E-state index contributed by atoms with van der Waals surface area (Å²) in [5.41, 5.74) is 5.23. The number of nitrogens with one attached hydrogen (secondary N) is 2. The first kappa shape index (κ1) is 27.4. The van der Waals surface area contributed by atoms with Crippen molar-refractivity contribution in [2.45, 2.75) is 24.9 Å². The SMILES string of the molecule is N[C@@H](CCC(=O)N[C@@H](CS)C(=O)NCC(=O)O)C(=O)O.O=N[O-].[Na+]. The van der Waals surface area contributed by atoms with E-state index in [0.29, 0.717) is 0 Å². The fourth-order valence-electron chi connectivity index (χ4n) is 1.16. The summed E-state index contributed by atoms with van der Waals surface area (Å²) in [5, 5.41) is 30.4. The van der Waals surface area contributed by atoms with Crippen molar-refractivity contribution in [2.24, 2.45) is 11.1 Å². The van der Waals surface area contributed by atoms with Gasteiger partial charge in [0, 0.05) is 12.2 Å². The van der Waals surface area contributed by atoms with E-state index in [-0.39, 0.29) is 48.2 Å². The number of carbonyl (C=O) groups is 4. The molecule has 0 aromatic rings. The molecule has 0 aromatic carbocycles. The Balaban J connectivity index is -0.00000102. The van der Waals surface area contributed by atoms with E-state index in [4.69, 9.17) is 26.1 Å². The van der Waals surface area contributed by atoms with Crippen LogP contribution in [0.25, 0.3) is 0 Å². The minimum atomic E-state index is -1.22. The molecule has 12 nitrogen and oxygen atoms in total. The Labute approximate surface area is 164 Å². The fraction of sp³-hybridized carbons (Fsp3) is 0.600. The van der Waals surface area contributed by atoms with Crippen LogP contribution in [0.4, 0.5) is 0 Å². The molecule has 6 N–H and O–H groups in total. The molecule has 132 valence electrons. The van der Waals surface area contributed by atoms with Gasteiger partial charge >= 0.3 is 41.5 Å². The van der Waals surface area contributed by atoms with E-state index in [9.17, 15) is 19.2 Å². The summed E-state index contributed by atoms with van der Waals surface area (Å²) in [7, 11) is 0. The molecule has 2 atom stereocenters. The second kappa shape index (κ2) is 16.4. The van der Waals surface area contributed by atoms with Crippen molar-refractivity contribution in [3.63, 3.8) is 0 Å². The van der Waals surface area contributed by atoms with E-state index < -0.39 is 42.4 Å². The maximum absolute atomic E-state index is 11.5. The number of aliphatic carboxylic acids is 2. The van der Waals surface area contributed by atoms with E-state index in [1.54, 1.807) is 0 Å². The maximum atomic E-state index is 11.5. The molecule has 0 aliphatic rings. The zero-order valence-corrected chi connectivity index (χ0v) is 15.7. The zero-order chi connectivity index (χ0) is 18.4. The Bertz CT molecular complexity index is 439. The van der Waals surface area contributed by atoms with Crippen molar-refractivity contribution in [3.05, 3.63) is 10.1 Å². The molecule has 0 saturated heterocycles. The van der Waals surface area contributed by atoms with E-state index in [1.807, 2.05) is 0 Å². The summed E-state index contributed by atoms with van der Waals surface area (Å²) in [6.45, 7) is -0.567.